The van der Waals surface area contributed by atoms with Crippen molar-refractivity contribution in [3.05, 3.63) is 0 Å². The van der Waals surface area contributed by atoms with Gasteiger partial charge >= 0.3 is 0 Å². The summed E-state index contributed by atoms with van der Waals surface area (Å²) in [7, 11) is 2.17. The number of rotatable bonds is 9. The zero-order chi connectivity index (χ0) is 17.5. The van der Waals surface area contributed by atoms with E-state index >= 15 is 0 Å². The van der Waals surface area contributed by atoms with Gasteiger partial charge in [0.15, 0.2) is 0 Å². The molecule has 0 aromatic rings. The number of likely N-dealkylation sites (N-methyl/N-ethyl adjacent to an activating group) is 1. The molecule has 2 rings (SSSR count). The summed E-state index contributed by atoms with van der Waals surface area (Å²) >= 11 is 0. The van der Waals surface area contributed by atoms with Crippen LogP contribution in [-0.4, -0.2) is 60.6 Å². The molecule has 2 fully saturated rings. The number of hydrogen-bond donors (Lipinski definition) is 0. The number of hydrogen-bond acceptors (Lipinski definition) is 4. The summed E-state index contributed by atoms with van der Waals surface area (Å²) < 4.78 is 0. The molecule has 24 heavy (non-hydrogen) atoms. The monoisotopic (exact) mass is 336 g/mol. The molecule has 0 unspecified atom stereocenters. The SMILES string of the molecule is CCCCC(=O)[C@H]1CC(N2CCN(C)CC2)C[C@@H]1C(=O)CCCC. The second kappa shape index (κ2) is 9.67. The summed E-state index contributed by atoms with van der Waals surface area (Å²) in [6, 6.07) is 0.435. The van der Waals surface area contributed by atoms with Crippen molar-refractivity contribution in [2.24, 2.45) is 11.8 Å². The molecular weight excluding hydrogens is 300 g/mol. The fraction of sp³-hybridized carbons (Fsp3) is 0.900. The molecular formula is C20H36N2O2. The summed E-state index contributed by atoms with van der Waals surface area (Å²) in [6.07, 6.45) is 7.17. The Kier molecular flexibility index (Phi) is 7.89. The fourth-order valence-electron chi connectivity index (χ4n) is 4.28. The summed E-state index contributed by atoms with van der Waals surface area (Å²) in [5, 5.41) is 0. The third-order valence-corrected chi connectivity index (χ3v) is 5.97. The molecule has 1 saturated carbocycles. The molecule has 0 amide bonds. The molecule has 0 spiro atoms. The van der Waals surface area contributed by atoms with Gasteiger partial charge in [-0.25, -0.2) is 0 Å². The van der Waals surface area contributed by atoms with Gasteiger partial charge in [0.1, 0.15) is 11.6 Å². The minimum Gasteiger partial charge on any atom is -0.304 e. The minimum absolute atomic E-state index is 0.00874. The van der Waals surface area contributed by atoms with Crippen molar-refractivity contribution in [3.8, 4) is 0 Å². The molecule has 0 bridgehead atoms. The molecule has 1 aliphatic carbocycles. The molecule has 138 valence electrons. The summed E-state index contributed by atoms with van der Waals surface area (Å²) in [4.78, 5) is 30.3. The maximum atomic E-state index is 12.7. The lowest BCUT2D eigenvalue weighted by atomic mass is 9.85. The highest BCUT2D eigenvalue weighted by Crippen LogP contribution is 2.38. The molecule has 0 N–H and O–H groups in total. The van der Waals surface area contributed by atoms with E-state index in [0.717, 1.165) is 64.7 Å². The van der Waals surface area contributed by atoms with Crippen LogP contribution in [0.4, 0.5) is 0 Å². The van der Waals surface area contributed by atoms with Gasteiger partial charge in [0.05, 0.1) is 0 Å². The van der Waals surface area contributed by atoms with E-state index in [-0.39, 0.29) is 11.8 Å². The highest BCUT2D eigenvalue weighted by Gasteiger charge is 2.43. The molecule has 4 heteroatoms. The molecule has 2 atom stereocenters. The minimum atomic E-state index is -0.00874. The highest BCUT2D eigenvalue weighted by atomic mass is 16.1. The van der Waals surface area contributed by atoms with E-state index in [1.54, 1.807) is 0 Å². The summed E-state index contributed by atoms with van der Waals surface area (Å²) in [5.41, 5.74) is 0. The van der Waals surface area contributed by atoms with E-state index in [1.807, 2.05) is 0 Å². The van der Waals surface area contributed by atoms with E-state index in [4.69, 9.17) is 0 Å². The Hall–Kier alpha value is -0.740. The van der Waals surface area contributed by atoms with Crippen molar-refractivity contribution in [1.82, 2.24) is 9.80 Å². The van der Waals surface area contributed by atoms with Gasteiger partial charge in [0, 0.05) is 56.9 Å². The van der Waals surface area contributed by atoms with Gasteiger partial charge in [0.25, 0.3) is 0 Å². The quantitative estimate of drug-likeness (QED) is 0.648. The first-order valence-corrected chi connectivity index (χ1v) is 10.0. The van der Waals surface area contributed by atoms with Crippen LogP contribution in [0.2, 0.25) is 0 Å². The van der Waals surface area contributed by atoms with Crippen molar-refractivity contribution in [3.63, 3.8) is 0 Å². The predicted molar refractivity (Wildman–Crippen MR) is 98.1 cm³/mol. The average molecular weight is 337 g/mol. The summed E-state index contributed by atoms with van der Waals surface area (Å²) in [5.74, 6) is 0.683. The molecule has 1 heterocycles. The number of carbonyl (C=O) groups excluding carboxylic acids is 2. The number of nitrogens with zero attached hydrogens (tertiary/aromatic N) is 2. The van der Waals surface area contributed by atoms with E-state index in [0.29, 0.717) is 30.4 Å². The topological polar surface area (TPSA) is 40.6 Å². The van der Waals surface area contributed by atoms with Crippen molar-refractivity contribution < 1.29 is 9.59 Å². The number of Topliss-reactive ketones (excluding diaryl/α,β-unsaturated/α-hetero) is 2. The molecule has 1 aliphatic heterocycles. The van der Waals surface area contributed by atoms with Crippen LogP contribution in [0.3, 0.4) is 0 Å². The number of piperazine rings is 1. The first-order chi connectivity index (χ1) is 11.6. The Bertz CT molecular complexity index is 388. The van der Waals surface area contributed by atoms with E-state index in [1.165, 1.54) is 0 Å². The van der Waals surface area contributed by atoms with Gasteiger partial charge in [-0.3, -0.25) is 14.5 Å². The Balaban J connectivity index is 2.01. The third kappa shape index (κ3) is 5.13. The molecule has 2 aliphatic rings. The Morgan fingerprint density at radius 3 is 1.71 bits per heavy atom. The van der Waals surface area contributed by atoms with Crippen molar-refractivity contribution in [2.45, 2.75) is 71.3 Å². The standard InChI is InChI=1S/C20H36N2O2/c1-4-6-8-19(23)17-14-16(22-12-10-21(3)11-13-22)15-18(17)20(24)9-7-5-2/h16-18H,4-15H2,1-3H3/t17-,18-/m0/s1. The smallest absolute Gasteiger partial charge is 0.136 e. The van der Waals surface area contributed by atoms with Crippen LogP contribution < -0.4 is 0 Å². The average Bonchev–Trinajstić information content (AvgIpc) is 3.03. The first-order valence-electron chi connectivity index (χ1n) is 10.0. The van der Waals surface area contributed by atoms with Gasteiger partial charge in [-0.1, -0.05) is 26.7 Å². The molecule has 4 nitrogen and oxygen atoms in total. The molecule has 0 radical (unpaired) electrons. The lowest BCUT2D eigenvalue weighted by Crippen LogP contribution is -2.48. The third-order valence-electron chi connectivity index (χ3n) is 5.97. The fourth-order valence-corrected chi connectivity index (χ4v) is 4.28. The normalized spacial score (nSPS) is 26.8. The van der Waals surface area contributed by atoms with Gasteiger partial charge in [-0.2, -0.15) is 0 Å². The Morgan fingerprint density at radius 1 is 0.833 bits per heavy atom. The second-order valence-electron chi connectivity index (χ2n) is 7.82. The lowest BCUT2D eigenvalue weighted by molar-refractivity contribution is -0.131. The first kappa shape index (κ1) is 19.6. The lowest BCUT2D eigenvalue weighted by Gasteiger charge is -2.36. The van der Waals surface area contributed by atoms with E-state index in [2.05, 4.69) is 30.7 Å². The zero-order valence-corrected chi connectivity index (χ0v) is 15.9. The molecule has 1 saturated heterocycles. The Morgan fingerprint density at radius 2 is 1.29 bits per heavy atom. The van der Waals surface area contributed by atoms with Crippen LogP contribution in [0.15, 0.2) is 0 Å². The van der Waals surface area contributed by atoms with Crippen LogP contribution in [0.1, 0.15) is 65.2 Å². The second-order valence-corrected chi connectivity index (χ2v) is 7.82. The van der Waals surface area contributed by atoms with Crippen LogP contribution in [-0.2, 0) is 9.59 Å². The maximum Gasteiger partial charge on any atom is 0.136 e. The summed E-state index contributed by atoms with van der Waals surface area (Å²) in [6.45, 7) is 8.59. The van der Waals surface area contributed by atoms with Crippen molar-refractivity contribution in [1.29, 1.82) is 0 Å². The van der Waals surface area contributed by atoms with Crippen LogP contribution in [0, 0.1) is 11.8 Å². The van der Waals surface area contributed by atoms with Gasteiger partial charge in [-0.15, -0.1) is 0 Å². The van der Waals surface area contributed by atoms with E-state index < -0.39 is 0 Å². The van der Waals surface area contributed by atoms with E-state index in [9.17, 15) is 9.59 Å². The Labute approximate surface area is 148 Å². The highest BCUT2D eigenvalue weighted by molar-refractivity contribution is 5.90. The van der Waals surface area contributed by atoms with Crippen LogP contribution >= 0.6 is 0 Å². The predicted octanol–water partition coefficient (Wildman–Crippen LogP) is 3.15. The number of ketones is 2. The van der Waals surface area contributed by atoms with Gasteiger partial charge < -0.3 is 4.90 Å². The van der Waals surface area contributed by atoms with Crippen LogP contribution in [0.5, 0.6) is 0 Å². The largest absolute Gasteiger partial charge is 0.304 e. The van der Waals surface area contributed by atoms with Crippen LogP contribution in [0.25, 0.3) is 0 Å². The number of unbranched alkanes of at least 4 members (excludes halogenated alkanes) is 2. The molecule has 0 aromatic carbocycles. The zero-order valence-electron chi connectivity index (χ0n) is 15.9. The van der Waals surface area contributed by atoms with Crippen molar-refractivity contribution >= 4 is 11.6 Å². The molecule has 0 aromatic heterocycles. The maximum absolute atomic E-state index is 12.7. The van der Waals surface area contributed by atoms with Gasteiger partial charge in [-0.05, 0) is 32.7 Å². The number of carbonyl (C=O) groups is 2. The van der Waals surface area contributed by atoms with Gasteiger partial charge in [0.2, 0.25) is 0 Å². The van der Waals surface area contributed by atoms with Crippen molar-refractivity contribution in [2.75, 3.05) is 33.2 Å².